The van der Waals surface area contributed by atoms with Crippen LogP contribution in [0.5, 0.6) is 0 Å². The first-order chi connectivity index (χ1) is 21.2. The van der Waals surface area contributed by atoms with Crippen molar-refractivity contribution in [1.29, 1.82) is 0 Å². The van der Waals surface area contributed by atoms with E-state index in [0.29, 0.717) is 61.3 Å². The molecule has 1 N–H and O–H groups in total. The number of alkyl halides is 6. The van der Waals surface area contributed by atoms with Crippen molar-refractivity contribution in [3.8, 4) is 0 Å². The van der Waals surface area contributed by atoms with Crippen molar-refractivity contribution in [2.24, 2.45) is 5.41 Å². The molecule has 1 saturated carbocycles. The van der Waals surface area contributed by atoms with Gasteiger partial charge in [-0.25, -0.2) is 25.3 Å². The van der Waals surface area contributed by atoms with E-state index in [1.807, 2.05) is 19.9 Å². The fourth-order valence-corrected chi connectivity index (χ4v) is 7.60. The van der Waals surface area contributed by atoms with Crippen molar-refractivity contribution >= 4 is 5.82 Å². The van der Waals surface area contributed by atoms with Crippen LogP contribution in [0.15, 0.2) is 42.6 Å². The summed E-state index contributed by atoms with van der Waals surface area (Å²) in [5.74, 6) is -2.60. The normalized spacial score (nSPS) is 22.5. The molecular weight excluding hydrogens is 779 g/mol. The number of nitrogens with zero attached hydrogens (tertiary/aromatic N) is 3. The van der Waals surface area contributed by atoms with Crippen LogP contribution in [-0.2, 0) is 33.0 Å². The molecule has 3 aliphatic rings. The summed E-state index contributed by atoms with van der Waals surface area (Å²) in [5, 5.41) is 11.5. The minimum Gasteiger partial charge on any atom is -0.388 e. The van der Waals surface area contributed by atoms with Crippen LogP contribution in [0, 0.1) is 11.5 Å². The quantitative estimate of drug-likeness (QED) is 0.207. The third kappa shape index (κ3) is 7.17. The predicted octanol–water partition coefficient (Wildman–Crippen LogP) is 9.03. The molecule has 249 valence electrons. The molecule has 11 heteroatoms. The number of rotatable bonds is 5. The first-order valence-corrected chi connectivity index (χ1v) is 15.7. The minimum absolute atomic E-state index is 0. The molecule has 2 aromatic heterocycles. The number of aliphatic hydroxyl groups excluding tert-OH is 1. The Balaban J connectivity index is 0.00000417. The number of piperidine rings is 1. The molecule has 2 fully saturated rings. The number of aromatic nitrogens is 2. The maximum atomic E-state index is 17.1. The summed E-state index contributed by atoms with van der Waals surface area (Å²) in [5.41, 5.74) is 1.41. The van der Waals surface area contributed by atoms with E-state index >= 15 is 4.39 Å². The average molecular weight is 817 g/mol. The molecule has 0 bridgehead atoms. The van der Waals surface area contributed by atoms with Crippen LogP contribution >= 0.6 is 0 Å². The number of halogens is 6. The first kappa shape index (κ1) is 34.8. The van der Waals surface area contributed by atoms with Gasteiger partial charge in [0, 0.05) is 74.9 Å². The summed E-state index contributed by atoms with van der Waals surface area (Å²) in [7, 11) is 0. The maximum Gasteiger partial charge on any atom is 0.416 e. The zero-order valence-electron chi connectivity index (χ0n) is 25.9. The van der Waals surface area contributed by atoms with Gasteiger partial charge in [-0.1, -0.05) is 32.2 Å². The standard InChI is InChI=1S/C35H38F6N3O.Re/c1-33(2)19-25-29(26(45)20-33)28(21-10-14-34(37,38)15-11-21)30(31(36)22-6-8-24(9-7-22)35(39,40)41)32(43-25)23-12-17-44(18-13-23)27-5-3-4-16-42-27;/h3,5-9,16,21,23,26,31,45H,10-15,17-20H2,1-2H3;/q-1;. The smallest absolute Gasteiger partial charge is 0.388 e. The number of hydrogen-bond acceptors (Lipinski definition) is 4. The van der Waals surface area contributed by atoms with Crippen LogP contribution in [0.1, 0.15) is 122 Å². The number of hydrogen-bond donors (Lipinski definition) is 1. The molecule has 3 aromatic rings. The fraction of sp³-hybridized carbons (Fsp3) is 0.543. The van der Waals surface area contributed by atoms with Crippen LogP contribution in [0.3, 0.4) is 0 Å². The molecule has 0 spiro atoms. The van der Waals surface area contributed by atoms with Gasteiger partial charge in [0.05, 0.1) is 17.4 Å². The third-order valence-corrected chi connectivity index (χ3v) is 9.86. The van der Waals surface area contributed by atoms with Crippen molar-refractivity contribution in [1.82, 2.24) is 9.97 Å². The molecule has 2 aliphatic carbocycles. The van der Waals surface area contributed by atoms with Gasteiger partial charge in [-0.05, 0) is 73.1 Å². The Labute approximate surface area is 279 Å². The molecule has 4 nitrogen and oxygen atoms in total. The van der Waals surface area contributed by atoms with Crippen molar-refractivity contribution in [3.63, 3.8) is 0 Å². The molecule has 1 saturated heterocycles. The topological polar surface area (TPSA) is 49.2 Å². The van der Waals surface area contributed by atoms with E-state index in [9.17, 15) is 27.1 Å². The number of fused-ring (bicyclic) bond motifs is 1. The second-order valence-corrected chi connectivity index (χ2v) is 13.7. The van der Waals surface area contributed by atoms with Crippen LogP contribution < -0.4 is 4.90 Å². The van der Waals surface area contributed by atoms with Gasteiger partial charge in [0.25, 0.3) is 0 Å². The summed E-state index contributed by atoms with van der Waals surface area (Å²) < 4.78 is 85.9. The molecule has 3 heterocycles. The molecule has 1 aliphatic heterocycles. The van der Waals surface area contributed by atoms with E-state index in [1.54, 1.807) is 12.3 Å². The minimum atomic E-state index is -4.57. The number of pyridine rings is 2. The molecular formula is C35H38F6N3ORe-. The molecule has 6 rings (SSSR count). The Hall–Kier alpha value is -2.48. The van der Waals surface area contributed by atoms with E-state index in [2.05, 4.69) is 16.0 Å². The Kier molecular flexibility index (Phi) is 10.0. The van der Waals surface area contributed by atoms with E-state index in [1.165, 1.54) is 0 Å². The monoisotopic (exact) mass is 817 g/mol. The molecule has 2 unspecified atom stereocenters. The molecule has 0 amide bonds. The Morgan fingerprint density at radius 1 is 0.957 bits per heavy atom. The summed E-state index contributed by atoms with van der Waals surface area (Å²) in [6.45, 7) is 5.35. The fourth-order valence-electron chi connectivity index (χ4n) is 7.60. The second-order valence-electron chi connectivity index (χ2n) is 13.7. The molecule has 1 radical (unpaired) electrons. The molecule has 1 aromatic carbocycles. The van der Waals surface area contributed by atoms with Crippen molar-refractivity contribution in [2.75, 3.05) is 18.0 Å². The van der Waals surface area contributed by atoms with Gasteiger partial charge in [-0.2, -0.15) is 19.2 Å². The maximum absolute atomic E-state index is 17.1. The molecule has 46 heavy (non-hydrogen) atoms. The summed E-state index contributed by atoms with van der Waals surface area (Å²) in [4.78, 5) is 11.6. The van der Waals surface area contributed by atoms with Crippen LogP contribution in [0.25, 0.3) is 0 Å². The molecule has 2 atom stereocenters. The van der Waals surface area contributed by atoms with Crippen molar-refractivity contribution in [2.45, 2.75) is 101 Å². The summed E-state index contributed by atoms with van der Waals surface area (Å²) in [6.07, 6.45) is -3.98. The SMILES string of the molecule is CC1(C)Cc2nc(C3CCN(c4cc[c-]cn4)CC3)c(C(F)c3ccc(C(F)(F)F)cc3)c(C3CCC(F)(F)CC3)c2C(O)C1.[Re]. The Morgan fingerprint density at radius 2 is 1.61 bits per heavy atom. The van der Waals surface area contributed by atoms with Crippen LogP contribution in [-0.4, -0.2) is 34.1 Å². The third-order valence-electron chi connectivity index (χ3n) is 9.86. The number of benzene rings is 1. The predicted molar refractivity (Wildman–Crippen MR) is 159 cm³/mol. The second kappa shape index (κ2) is 13.2. The zero-order chi connectivity index (χ0) is 32.1. The zero-order valence-corrected chi connectivity index (χ0v) is 28.6. The van der Waals surface area contributed by atoms with Gasteiger partial charge in [0.2, 0.25) is 5.92 Å². The first-order valence-electron chi connectivity index (χ1n) is 15.7. The number of anilines is 1. The van der Waals surface area contributed by atoms with Crippen LogP contribution in [0.4, 0.5) is 32.2 Å². The summed E-state index contributed by atoms with van der Waals surface area (Å²) >= 11 is 0. The van der Waals surface area contributed by atoms with E-state index in [-0.39, 0.29) is 68.6 Å². The Bertz CT molecular complexity index is 1500. The van der Waals surface area contributed by atoms with Gasteiger partial charge in [0.1, 0.15) is 0 Å². The van der Waals surface area contributed by atoms with Crippen molar-refractivity contribution in [3.05, 3.63) is 87.9 Å². The largest absolute Gasteiger partial charge is 0.416 e. The van der Waals surface area contributed by atoms with Gasteiger partial charge in [0.15, 0.2) is 6.17 Å². The summed E-state index contributed by atoms with van der Waals surface area (Å²) in [6, 6.07) is 10.6. The van der Waals surface area contributed by atoms with Gasteiger partial charge in [-0.15, -0.1) is 0 Å². The van der Waals surface area contributed by atoms with E-state index in [0.717, 1.165) is 30.1 Å². The van der Waals surface area contributed by atoms with Crippen molar-refractivity contribution < 1.29 is 51.9 Å². The Morgan fingerprint density at radius 3 is 2.20 bits per heavy atom. The van der Waals surface area contributed by atoms with Crippen LogP contribution in [0.2, 0.25) is 0 Å². The van der Waals surface area contributed by atoms with Gasteiger partial charge in [-0.3, -0.25) is 9.97 Å². The van der Waals surface area contributed by atoms with Gasteiger partial charge >= 0.3 is 6.18 Å². The number of aliphatic hydroxyl groups is 1. The van der Waals surface area contributed by atoms with Gasteiger partial charge < -0.3 is 10.0 Å². The average Bonchev–Trinajstić information content (AvgIpc) is 2.99. The van der Waals surface area contributed by atoms with E-state index < -0.39 is 35.9 Å². The van der Waals surface area contributed by atoms with E-state index in [4.69, 9.17) is 4.98 Å².